The topological polar surface area (TPSA) is 46.2 Å². The van der Waals surface area contributed by atoms with Crippen LogP contribution in [0.4, 0.5) is 13.2 Å². The maximum Gasteiger partial charge on any atom is 0.416 e. The van der Waals surface area contributed by atoms with Crippen molar-refractivity contribution >= 4 is 10.0 Å². The Labute approximate surface area is 145 Å². The minimum Gasteiger partial charge on any atom is -0.207 e. The second-order valence-corrected chi connectivity index (χ2v) is 7.35. The predicted octanol–water partition coefficient (Wildman–Crippen LogP) is 4.61. The highest BCUT2D eigenvalue weighted by Gasteiger charge is 2.31. The third-order valence-electron chi connectivity index (χ3n) is 3.65. The van der Waals surface area contributed by atoms with E-state index in [0.29, 0.717) is 0 Å². The van der Waals surface area contributed by atoms with Gasteiger partial charge in [0.15, 0.2) is 0 Å². The van der Waals surface area contributed by atoms with Crippen LogP contribution in [0.15, 0.2) is 66.1 Å². The Morgan fingerprint density at radius 1 is 1.16 bits per heavy atom. The Bertz CT molecular complexity index is 843. The van der Waals surface area contributed by atoms with Crippen LogP contribution in [0.1, 0.15) is 29.2 Å². The first kappa shape index (κ1) is 19.2. The molecule has 7 heteroatoms. The lowest BCUT2D eigenvalue weighted by Crippen LogP contribution is -2.28. The van der Waals surface area contributed by atoms with E-state index in [1.807, 2.05) is 6.92 Å². The van der Waals surface area contributed by atoms with Crippen molar-refractivity contribution < 1.29 is 21.6 Å². The van der Waals surface area contributed by atoms with Gasteiger partial charge in [0.2, 0.25) is 10.0 Å². The van der Waals surface area contributed by atoms with E-state index in [-0.39, 0.29) is 16.9 Å². The summed E-state index contributed by atoms with van der Waals surface area (Å²) in [6, 6.07) is 9.99. The number of rotatable bonds is 6. The van der Waals surface area contributed by atoms with Gasteiger partial charge in [-0.15, -0.1) is 6.58 Å². The second-order valence-electron chi connectivity index (χ2n) is 5.63. The Morgan fingerprint density at radius 3 is 2.36 bits per heavy atom. The summed E-state index contributed by atoms with van der Waals surface area (Å²) in [5, 5.41) is 0. The van der Waals surface area contributed by atoms with E-state index >= 15 is 0 Å². The fraction of sp³-hybridized carbons (Fsp3) is 0.222. The Balaban J connectivity index is 2.35. The summed E-state index contributed by atoms with van der Waals surface area (Å²) in [7, 11) is -3.87. The molecule has 1 unspecified atom stereocenters. The molecule has 25 heavy (non-hydrogen) atoms. The van der Waals surface area contributed by atoms with E-state index in [0.717, 1.165) is 17.7 Å². The Hall–Kier alpha value is -2.12. The molecule has 0 saturated carbocycles. The summed E-state index contributed by atoms with van der Waals surface area (Å²) in [5.74, 6) is 0. The van der Waals surface area contributed by atoms with E-state index in [2.05, 4.69) is 11.3 Å². The molecule has 0 aliphatic carbocycles. The molecule has 0 aliphatic rings. The van der Waals surface area contributed by atoms with Gasteiger partial charge >= 0.3 is 6.18 Å². The van der Waals surface area contributed by atoms with E-state index in [9.17, 15) is 21.6 Å². The van der Waals surface area contributed by atoms with Crippen molar-refractivity contribution in [3.8, 4) is 0 Å². The number of benzene rings is 2. The standard InChI is InChI=1S/C18H18F3NO2S/c1-3-5-17(14-6-4-7-15(12-14)18(19,20)21)22-25(23,24)16-10-8-13(2)9-11-16/h3-4,6-12,17,22H,1,5H2,2H3. The molecule has 0 heterocycles. The maximum atomic E-state index is 12.9. The first-order valence-corrected chi connectivity index (χ1v) is 8.99. The molecule has 0 radical (unpaired) electrons. The third-order valence-corrected chi connectivity index (χ3v) is 5.13. The quantitative estimate of drug-likeness (QED) is 0.756. The number of aryl methyl sites for hydroxylation is 1. The van der Waals surface area contributed by atoms with Gasteiger partial charge in [0.1, 0.15) is 0 Å². The monoisotopic (exact) mass is 369 g/mol. The van der Waals surface area contributed by atoms with Crippen LogP contribution in [0, 0.1) is 6.92 Å². The lowest BCUT2D eigenvalue weighted by Gasteiger charge is -2.19. The highest BCUT2D eigenvalue weighted by molar-refractivity contribution is 7.89. The van der Waals surface area contributed by atoms with Crippen molar-refractivity contribution in [2.45, 2.75) is 30.5 Å². The van der Waals surface area contributed by atoms with Crippen LogP contribution in [0.2, 0.25) is 0 Å². The molecule has 134 valence electrons. The minimum atomic E-state index is -4.50. The van der Waals surface area contributed by atoms with E-state index in [1.54, 1.807) is 12.1 Å². The summed E-state index contributed by atoms with van der Waals surface area (Å²) in [6.45, 7) is 5.38. The third kappa shape index (κ3) is 4.93. The van der Waals surface area contributed by atoms with Crippen LogP contribution < -0.4 is 4.72 Å². The number of hydrogen-bond acceptors (Lipinski definition) is 2. The molecular formula is C18H18F3NO2S. The molecule has 0 bridgehead atoms. The minimum absolute atomic E-state index is 0.0548. The van der Waals surface area contributed by atoms with Gasteiger partial charge in [0.05, 0.1) is 16.5 Å². The van der Waals surface area contributed by atoms with Crippen molar-refractivity contribution in [3.05, 3.63) is 77.9 Å². The number of sulfonamides is 1. The zero-order chi connectivity index (χ0) is 18.7. The van der Waals surface area contributed by atoms with Crippen LogP contribution in [-0.2, 0) is 16.2 Å². The Morgan fingerprint density at radius 2 is 1.80 bits per heavy atom. The summed E-state index contributed by atoms with van der Waals surface area (Å²) in [5.41, 5.74) is 0.304. The van der Waals surface area contributed by atoms with Crippen molar-refractivity contribution in [2.24, 2.45) is 0 Å². The number of alkyl halides is 3. The highest BCUT2D eigenvalue weighted by atomic mass is 32.2. The molecule has 2 aromatic rings. The Kier molecular flexibility index (Phi) is 5.69. The fourth-order valence-corrected chi connectivity index (χ4v) is 3.56. The highest BCUT2D eigenvalue weighted by Crippen LogP contribution is 2.31. The molecule has 2 aromatic carbocycles. The van der Waals surface area contributed by atoms with Gasteiger partial charge in [-0.3, -0.25) is 0 Å². The van der Waals surface area contributed by atoms with Crippen LogP contribution in [0.3, 0.4) is 0 Å². The van der Waals surface area contributed by atoms with Gasteiger partial charge in [-0.25, -0.2) is 13.1 Å². The van der Waals surface area contributed by atoms with Gasteiger partial charge in [-0.1, -0.05) is 35.9 Å². The number of hydrogen-bond donors (Lipinski definition) is 1. The normalized spacial score (nSPS) is 13.4. The molecule has 1 atom stereocenters. The number of nitrogens with one attached hydrogen (secondary N) is 1. The zero-order valence-electron chi connectivity index (χ0n) is 13.5. The van der Waals surface area contributed by atoms with Crippen molar-refractivity contribution in [2.75, 3.05) is 0 Å². The van der Waals surface area contributed by atoms with E-state index < -0.39 is 27.8 Å². The molecule has 0 amide bonds. The van der Waals surface area contributed by atoms with Crippen LogP contribution in [0.25, 0.3) is 0 Å². The van der Waals surface area contributed by atoms with Crippen LogP contribution in [-0.4, -0.2) is 8.42 Å². The maximum absolute atomic E-state index is 12.9. The first-order chi connectivity index (χ1) is 11.6. The van der Waals surface area contributed by atoms with Gasteiger partial charge in [-0.2, -0.15) is 13.2 Å². The lowest BCUT2D eigenvalue weighted by molar-refractivity contribution is -0.137. The van der Waals surface area contributed by atoms with Crippen molar-refractivity contribution in [1.82, 2.24) is 4.72 Å². The fourth-order valence-electron chi connectivity index (χ4n) is 2.32. The average Bonchev–Trinajstić information content (AvgIpc) is 2.54. The lowest BCUT2D eigenvalue weighted by atomic mass is 10.0. The molecule has 1 N–H and O–H groups in total. The van der Waals surface area contributed by atoms with E-state index in [1.165, 1.54) is 30.3 Å². The molecule has 3 nitrogen and oxygen atoms in total. The molecule has 0 spiro atoms. The summed E-state index contributed by atoms with van der Waals surface area (Å²) >= 11 is 0. The SMILES string of the molecule is C=CCC(NS(=O)(=O)c1ccc(C)cc1)c1cccc(C(F)(F)F)c1. The summed E-state index contributed by atoms with van der Waals surface area (Å²) < 4.78 is 66.2. The molecule has 0 aliphatic heterocycles. The largest absolute Gasteiger partial charge is 0.416 e. The van der Waals surface area contributed by atoms with Gasteiger partial charge in [0.25, 0.3) is 0 Å². The van der Waals surface area contributed by atoms with Gasteiger partial charge in [-0.05, 0) is 43.2 Å². The number of halogens is 3. The molecule has 0 saturated heterocycles. The second kappa shape index (κ2) is 7.41. The van der Waals surface area contributed by atoms with E-state index in [4.69, 9.17) is 0 Å². The molecule has 0 aromatic heterocycles. The molecule has 2 rings (SSSR count). The smallest absolute Gasteiger partial charge is 0.207 e. The average molecular weight is 369 g/mol. The molecule has 0 fully saturated rings. The van der Waals surface area contributed by atoms with Crippen LogP contribution in [0.5, 0.6) is 0 Å². The van der Waals surface area contributed by atoms with Gasteiger partial charge in [0, 0.05) is 0 Å². The van der Waals surface area contributed by atoms with Crippen LogP contribution >= 0.6 is 0 Å². The summed E-state index contributed by atoms with van der Waals surface area (Å²) in [6.07, 6.45) is -2.88. The van der Waals surface area contributed by atoms with Gasteiger partial charge < -0.3 is 0 Å². The first-order valence-electron chi connectivity index (χ1n) is 7.50. The molecular weight excluding hydrogens is 351 g/mol. The van der Waals surface area contributed by atoms with Crippen molar-refractivity contribution in [3.63, 3.8) is 0 Å². The summed E-state index contributed by atoms with van der Waals surface area (Å²) in [4.78, 5) is 0.0548. The predicted molar refractivity (Wildman–Crippen MR) is 90.5 cm³/mol. The van der Waals surface area contributed by atoms with Crippen molar-refractivity contribution in [1.29, 1.82) is 0 Å². The zero-order valence-corrected chi connectivity index (χ0v) is 14.4.